The molecule has 0 radical (unpaired) electrons. The Hall–Kier alpha value is -4.42. The molecule has 4 bridgehead atoms. The lowest BCUT2D eigenvalue weighted by molar-refractivity contribution is 0.0353. The summed E-state index contributed by atoms with van der Waals surface area (Å²) < 4.78 is 379. The van der Waals surface area contributed by atoms with Crippen LogP contribution < -0.4 is 36.3 Å². The highest BCUT2D eigenvalue weighted by Crippen LogP contribution is 2.41. The topological polar surface area (TPSA) is 144 Å². The minimum atomic E-state index is -7.79. The summed E-state index contributed by atoms with van der Waals surface area (Å²) in [7, 11) is -54.2. The Labute approximate surface area is 409 Å². The highest BCUT2D eigenvalue weighted by molar-refractivity contribution is 7.09. The number of hydrogen-bond donors (Lipinski definition) is 3. The number of hydrogen-bond acceptors (Lipinski definition) is 12. The molecule has 0 unspecified atom stereocenters. The van der Waals surface area contributed by atoms with Gasteiger partial charge in [-0.2, -0.15) is 0 Å². The molecule has 3 fully saturated rings. The zero-order chi connectivity index (χ0) is 72.1. The van der Waals surface area contributed by atoms with Crippen molar-refractivity contribution in [3.63, 3.8) is 0 Å². The van der Waals surface area contributed by atoms with E-state index >= 15 is 0 Å². The summed E-state index contributed by atoms with van der Waals surface area (Å²) in [5.74, 6) is 0. The minimum absolute atomic E-state index is 1.35. The van der Waals surface area contributed by atoms with Gasteiger partial charge in [0.05, 0.1) is 48.0 Å². The van der Waals surface area contributed by atoms with Crippen molar-refractivity contribution in [1.82, 2.24) is 0 Å². The van der Waals surface area contributed by atoms with Gasteiger partial charge in [0.15, 0.2) is 0 Å². The smallest absolute Gasteiger partial charge is 0.387 e. The van der Waals surface area contributed by atoms with E-state index in [0.29, 0.717) is 0 Å². The Morgan fingerprint density at radius 3 is 0.557 bits per heavy atom. The van der Waals surface area contributed by atoms with Crippen LogP contribution in [0.5, 0.6) is 0 Å². The van der Waals surface area contributed by atoms with E-state index in [1.165, 1.54) is 0 Å². The van der Waals surface area contributed by atoms with Gasteiger partial charge in [0.1, 0.15) is 0 Å². The average Bonchev–Trinajstić information content (AvgIpc) is 0.671. The number of rotatable bonds is 7. The third kappa shape index (κ3) is 7.33. The van der Waals surface area contributed by atoms with Crippen molar-refractivity contribution in [3.8, 4) is 0 Å². The van der Waals surface area contributed by atoms with E-state index in [0.717, 1.165) is 0 Å². The molecule has 61 heavy (non-hydrogen) atoms. The highest BCUT2D eigenvalue weighted by atomic mass is 28.6. The van der Waals surface area contributed by atoms with E-state index in [1.807, 2.05) is 0 Å². The van der Waals surface area contributed by atoms with E-state index in [2.05, 4.69) is 0 Å². The SMILES string of the molecule is [2H]c1c([2H])c([2H])c([Si]2(O)O[Si]3(c4c([2H])c([2H])c([2H])c([2H])c4[2H])O[Si](O)(c4c([2H])c([2H])c([2H])c([2H])c4[2H])O[Si]4(c5c([2H])c([2H])c([2H])c([2H])c5[2H])O[Si](O)(c5c([2H])c([2H])c([2H])c([2H])c5[2H])O[Si](c5c([2H])c([2H])c([2H])c([2H])c5[2H])(O2)O[Si](c2c([2H])c([2H])c([2H])c([2H])c2[2H])(O3)O4)c([2H])c1[2H]. The van der Waals surface area contributed by atoms with Crippen LogP contribution in [0.4, 0.5) is 0 Å². The number of fused-ring (bicyclic) bond motifs is 3. The van der Waals surface area contributed by atoms with Crippen molar-refractivity contribution < 1.29 is 99.4 Å². The fraction of sp³-hybridized carbons (Fsp3) is 0. The van der Waals surface area contributed by atoms with Gasteiger partial charge in [-0.15, -0.1) is 0 Å². The van der Waals surface area contributed by atoms with Crippen molar-refractivity contribution >= 4 is 97.9 Å². The summed E-state index contributed by atoms with van der Waals surface area (Å²) in [5.41, 5.74) is 0. The van der Waals surface area contributed by atoms with Crippen molar-refractivity contribution in [2.45, 2.75) is 0 Å². The summed E-state index contributed by atoms with van der Waals surface area (Å²) in [6, 6.07) is -55.6. The quantitative estimate of drug-likeness (QED) is 0.197. The summed E-state index contributed by atoms with van der Waals surface area (Å²) in [4.78, 5) is 42.9. The average molecular weight is 967 g/mol. The van der Waals surface area contributed by atoms with Gasteiger partial charge in [0.25, 0.3) is 0 Å². The van der Waals surface area contributed by atoms with E-state index in [4.69, 9.17) is 65.8 Å². The van der Waals surface area contributed by atoms with Crippen LogP contribution in [0.3, 0.4) is 0 Å². The predicted molar refractivity (Wildman–Crippen MR) is 239 cm³/mol. The molecule has 0 aliphatic carbocycles. The Balaban J connectivity index is 1.65. The normalized spacial score (nSPS) is 40.4. The molecule has 3 saturated heterocycles. The molecule has 19 heteroatoms. The maximum atomic E-state index is 14.3. The molecule has 3 N–H and O–H groups in total. The molecule has 0 aromatic heterocycles. The fourth-order valence-corrected chi connectivity index (χ4v) is 37.2. The lowest BCUT2D eigenvalue weighted by atomic mass is 10.4. The molecule has 12 nitrogen and oxygen atoms in total. The van der Waals surface area contributed by atoms with Gasteiger partial charge in [-0.05, 0) is 0 Å². The molecular formula is C42H38O12Si7. The summed E-state index contributed by atoms with van der Waals surface area (Å²) in [5, 5.41) is -12.8. The maximum Gasteiger partial charge on any atom is 0.520 e. The zero-order valence-corrected chi connectivity index (χ0v) is 36.5. The van der Waals surface area contributed by atoms with E-state index in [9.17, 15) is 33.6 Å². The molecule has 0 amide bonds. The van der Waals surface area contributed by atoms with Crippen molar-refractivity contribution in [3.05, 3.63) is 211 Å². The Bertz CT molecular complexity index is 4060. The molecule has 7 aromatic rings. The van der Waals surface area contributed by atoms with Gasteiger partial charge in [-0.25, -0.2) is 0 Å². The van der Waals surface area contributed by atoms with Gasteiger partial charge in [0, 0.05) is 36.3 Å². The summed E-state index contributed by atoms with van der Waals surface area (Å²) in [6.45, 7) is 0. The van der Waals surface area contributed by atoms with E-state index in [-0.39, 0.29) is 0 Å². The first-order valence-corrected chi connectivity index (χ1v) is 28.8. The standard InChI is InChI=1S/C42H38O12Si7/c43-55(36-22-8-1-9-23-36)46-58(39-28-14-4-15-29-39)48-56(44,37-24-10-2-11-25-37)50-60(41-32-18-6-19-33-41)51-57(45,38-26-12-3-13-27-38)49-59(47-55,40-30-16-5-17-31-40)53-61(52-58,54-60)42-34-20-7-21-35-42/h1-35,43-45H/i1D,2D,3D,4D,5D,6D,7D,8D,9D,10D,11D,12D,13D,14D,15D,16D,17D,18D,19D,20D,21D,22D,23D,24D,25D,26D,27D,28D,29D,30D,31D,32D,33D,34D,35D. The molecule has 0 spiro atoms. The first-order chi connectivity index (χ1) is 44.1. The summed E-state index contributed by atoms with van der Waals surface area (Å²) in [6.07, 6.45) is 0. The van der Waals surface area contributed by atoms with Crippen LogP contribution in [-0.2, 0) is 37.0 Å². The third-order valence-electron chi connectivity index (χ3n) is 8.11. The van der Waals surface area contributed by atoms with Crippen LogP contribution in [0.15, 0.2) is 211 Å². The monoisotopic (exact) mass is 965 g/mol. The Morgan fingerprint density at radius 1 is 0.230 bits per heavy atom. The molecule has 3 aliphatic rings. The summed E-state index contributed by atoms with van der Waals surface area (Å²) >= 11 is 0. The van der Waals surface area contributed by atoms with Crippen LogP contribution in [0.25, 0.3) is 0 Å². The second kappa shape index (κ2) is 15.7. The lowest BCUT2D eigenvalue weighted by Gasteiger charge is -2.56. The predicted octanol–water partition coefficient (Wildman–Crippen LogP) is 1.08. The minimum Gasteiger partial charge on any atom is -0.387 e. The second-order valence-electron chi connectivity index (χ2n) is 11.9. The van der Waals surface area contributed by atoms with Gasteiger partial charge in [-0.1, -0.05) is 211 Å². The first kappa shape index (κ1) is 17.3. The molecular weight excluding hydrogens is 893 g/mol. The Morgan fingerprint density at radius 2 is 0.377 bits per heavy atom. The molecule has 7 aromatic carbocycles. The van der Waals surface area contributed by atoms with Crippen LogP contribution in [0, 0.1) is 0 Å². The molecule has 306 valence electrons. The molecule has 10 rings (SSSR count). The van der Waals surface area contributed by atoms with Gasteiger partial charge in [-0.3, -0.25) is 0 Å². The van der Waals surface area contributed by atoms with Gasteiger partial charge in [0.2, 0.25) is 0 Å². The van der Waals surface area contributed by atoms with E-state index < -0.39 is 309 Å². The Kier molecular flexibility index (Phi) is 4.46. The van der Waals surface area contributed by atoms with Gasteiger partial charge < -0.3 is 51.4 Å². The second-order valence-corrected chi connectivity index (χ2v) is 30.7. The van der Waals surface area contributed by atoms with Crippen molar-refractivity contribution in [2.75, 3.05) is 0 Å². The lowest BCUT2D eigenvalue weighted by Crippen LogP contribution is -2.91. The van der Waals surface area contributed by atoms with Crippen LogP contribution >= 0.6 is 0 Å². The van der Waals surface area contributed by atoms with Crippen LogP contribution in [-0.4, -0.2) is 76.0 Å². The largest absolute Gasteiger partial charge is 0.520 e. The highest BCUT2D eigenvalue weighted by Gasteiger charge is 2.79. The molecule has 0 saturated carbocycles. The molecule has 3 heterocycles. The molecule has 0 atom stereocenters. The molecule has 3 aliphatic heterocycles. The van der Waals surface area contributed by atoms with Gasteiger partial charge >= 0.3 is 61.6 Å². The fourth-order valence-electron chi connectivity index (χ4n) is 5.69. The first-order valence-electron chi connectivity index (χ1n) is 34.1. The van der Waals surface area contributed by atoms with Crippen LogP contribution in [0.2, 0.25) is 0 Å². The van der Waals surface area contributed by atoms with Crippen LogP contribution in [0.1, 0.15) is 48.0 Å². The maximum absolute atomic E-state index is 14.3. The zero-order valence-electron chi connectivity index (χ0n) is 64.5. The van der Waals surface area contributed by atoms with Crippen molar-refractivity contribution in [2.24, 2.45) is 0 Å². The van der Waals surface area contributed by atoms with Crippen molar-refractivity contribution in [1.29, 1.82) is 0 Å². The third-order valence-corrected chi connectivity index (χ3v) is 33.7. The van der Waals surface area contributed by atoms with E-state index in [1.54, 1.807) is 0 Å². The number of benzene rings is 7.